The van der Waals surface area contributed by atoms with Gasteiger partial charge in [0.05, 0.1) is 5.92 Å². The molecule has 0 radical (unpaired) electrons. The summed E-state index contributed by atoms with van der Waals surface area (Å²) in [6, 6.07) is 6.69. The molecule has 1 aliphatic rings. The number of hydrogen-bond acceptors (Lipinski definition) is 6. The minimum absolute atomic E-state index is 0.0378. The summed E-state index contributed by atoms with van der Waals surface area (Å²) in [4.78, 5) is 38.9. The molecule has 2 heterocycles. The van der Waals surface area contributed by atoms with Crippen LogP contribution >= 0.6 is 11.3 Å². The Morgan fingerprint density at radius 1 is 1.06 bits per heavy atom. The van der Waals surface area contributed by atoms with Crippen LogP contribution in [0.2, 0.25) is 0 Å². The summed E-state index contributed by atoms with van der Waals surface area (Å²) in [7, 11) is 0. The van der Waals surface area contributed by atoms with Gasteiger partial charge in [-0.25, -0.2) is 0 Å². The second kappa shape index (κ2) is 11.7. The Morgan fingerprint density at radius 3 is 2.53 bits per heavy atom. The number of aromatic nitrogens is 2. The number of anilines is 2. The van der Waals surface area contributed by atoms with Crippen molar-refractivity contribution in [2.45, 2.75) is 58.8 Å². The van der Waals surface area contributed by atoms with Crippen molar-refractivity contribution in [1.29, 1.82) is 0 Å². The fraction of sp³-hybridized carbons (Fsp3) is 0.522. The zero-order valence-corrected chi connectivity index (χ0v) is 19.5. The molecule has 2 N–H and O–H groups in total. The topological polar surface area (TPSA) is 104 Å². The van der Waals surface area contributed by atoms with Gasteiger partial charge in [0.25, 0.3) is 5.91 Å². The molecule has 9 heteroatoms. The Morgan fingerprint density at radius 2 is 1.81 bits per heavy atom. The molecule has 32 heavy (non-hydrogen) atoms. The summed E-state index contributed by atoms with van der Waals surface area (Å²) in [5.41, 5.74) is 1.06. The second-order valence-corrected chi connectivity index (χ2v) is 9.14. The Balaban J connectivity index is 1.50. The van der Waals surface area contributed by atoms with Crippen LogP contribution in [0.4, 0.5) is 10.8 Å². The molecule has 1 saturated heterocycles. The molecule has 0 bridgehead atoms. The molecular weight excluding hydrogens is 426 g/mol. The molecule has 1 unspecified atom stereocenters. The molecule has 0 aliphatic carbocycles. The fourth-order valence-corrected chi connectivity index (χ4v) is 4.34. The predicted molar refractivity (Wildman–Crippen MR) is 126 cm³/mol. The molecular formula is C23H31N5O3S. The van der Waals surface area contributed by atoms with Crippen LogP contribution in [0.1, 0.15) is 67.7 Å². The van der Waals surface area contributed by atoms with Crippen molar-refractivity contribution >= 4 is 39.9 Å². The predicted octanol–water partition coefficient (Wildman–Crippen LogP) is 4.11. The summed E-state index contributed by atoms with van der Waals surface area (Å²) in [6.45, 7) is 5.40. The average Bonchev–Trinajstić information content (AvgIpc) is 3.39. The number of carbonyl (C=O) groups is 3. The van der Waals surface area contributed by atoms with Crippen molar-refractivity contribution in [3.63, 3.8) is 0 Å². The lowest BCUT2D eigenvalue weighted by molar-refractivity contribution is -0.128. The summed E-state index contributed by atoms with van der Waals surface area (Å²) < 4.78 is 0. The minimum atomic E-state index is -0.341. The highest BCUT2D eigenvalue weighted by Gasteiger charge is 2.33. The Labute approximate surface area is 192 Å². The van der Waals surface area contributed by atoms with Crippen molar-refractivity contribution in [2.24, 2.45) is 5.92 Å². The molecule has 172 valence electrons. The van der Waals surface area contributed by atoms with Gasteiger partial charge in [-0.3, -0.25) is 19.7 Å². The minimum Gasteiger partial charge on any atom is -0.342 e. The third-order valence-corrected chi connectivity index (χ3v) is 6.36. The first-order valence-electron chi connectivity index (χ1n) is 11.3. The van der Waals surface area contributed by atoms with E-state index in [0.29, 0.717) is 29.5 Å². The highest BCUT2D eigenvalue weighted by Crippen LogP contribution is 2.22. The number of hydrogen-bond donors (Lipinski definition) is 2. The quantitative estimate of drug-likeness (QED) is 0.494. The Hall–Kier alpha value is -2.81. The number of benzene rings is 1. The first-order valence-corrected chi connectivity index (χ1v) is 12.1. The molecule has 2 aromatic rings. The van der Waals surface area contributed by atoms with Gasteiger partial charge in [0.15, 0.2) is 0 Å². The van der Waals surface area contributed by atoms with Crippen LogP contribution in [0.5, 0.6) is 0 Å². The van der Waals surface area contributed by atoms with E-state index in [0.717, 1.165) is 43.5 Å². The Bertz CT molecular complexity index is 928. The fourth-order valence-electron chi connectivity index (χ4n) is 3.56. The SMILES string of the molecule is CCCCCc1nnc(NC(=O)c2ccc(NC(=O)C3CC(=O)N(CCCC)C3)cc2)s1. The zero-order valence-electron chi connectivity index (χ0n) is 18.7. The van der Waals surface area contributed by atoms with Gasteiger partial charge >= 0.3 is 0 Å². The number of likely N-dealkylation sites (tertiary alicyclic amines) is 1. The maximum absolute atomic E-state index is 12.6. The van der Waals surface area contributed by atoms with Crippen molar-refractivity contribution in [3.8, 4) is 0 Å². The van der Waals surface area contributed by atoms with Gasteiger partial charge in [0.2, 0.25) is 16.9 Å². The smallest absolute Gasteiger partial charge is 0.257 e. The molecule has 3 amide bonds. The number of carbonyl (C=O) groups excluding carboxylic acids is 3. The van der Waals surface area contributed by atoms with Crippen LogP contribution in [0, 0.1) is 5.92 Å². The van der Waals surface area contributed by atoms with Gasteiger partial charge in [-0.05, 0) is 37.1 Å². The molecule has 1 atom stereocenters. The number of unbranched alkanes of at least 4 members (excludes halogenated alkanes) is 3. The molecule has 3 rings (SSSR count). The van der Waals surface area contributed by atoms with Crippen LogP contribution in [-0.2, 0) is 16.0 Å². The monoisotopic (exact) mass is 457 g/mol. The molecule has 0 saturated carbocycles. The summed E-state index contributed by atoms with van der Waals surface area (Å²) in [5.74, 6) is -0.742. The van der Waals surface area contributed by atoms with Crippen LogP contribution in [-0.4, -0.2) is 45.9 Å². The van der Waals surface area contributed by atoms with Crippen LogP contribution in [0.3, 0.4) is 0 Å². The van der Waals surface area contributed by atoms with Crippen molar-refractivity contribution in [1.82, 2.24) is 15.1 Å². The van der Waals surface area contributed by atoms with E-state index in [9.17, 15) is 14.4 Å². The van der Waals surface area contributed by atoms with Gasteiger partial charge in [-0.15, -0.1) is 10.2 Å². The molecule has 1 aromatic heterocycles. The maximum atomic E-state index is 12.6. The third-order valence-electron chi connectivity index (χ3n) is 5.46. The van der Waals surface area contributed by atoms with Gasteiger partial charge in [0.1, 0.15) is 5.01 Å². The molecule has 0 spiro atoms. The number of rotatable bonds is 11. The summed E-state index contributed by atoms with van der Waals surface area (Å²) in [5, 5.41) is 15.2. The maximum Gasteiger partial charge on any atom is 0.257 e. The Kier molecular flexibility index (Phi) is 8.72. The molecule has 8 nitrogen and oxygen atoms in total. The van der Waals surface area contributed by atoms with Crippen LogP contribution in [0.25, 0.3) is 0 Å². The number of aryl methyl sites for hydroxylation is 1. The normalized spacial score (nSPS) is 15.8. The van der Waals surface area contributed by atoms with E-state index in [1.807, 2.05) is 0 Å². The lowest BCUT2D eigenvalue weighted by atomic mass is 10.1. The highest BCUT2D eigenvalue weighted by atomic mass is 32.1. The van der Waals surface area contributed by atoms with E-state index in [1.165, 1.54) is 11.3 Å². The standard InChI is InChI=1S/C23H31N5O3S/c1-3-5-7-8-19-26-27-23(32-19)25-21(30)16-9-11-18(12-10-16)24-22(31)17-14-20(29)28(15-17)13-6-4-2/h9-12,17H,3-8,13-15H2,1-2H3,(H,24,31)(H,25,27,30). The molecule has 1 fully saturated rings. The van der Waals surface area contributed by atoms with Crippen molar-refractivity contribution < 1.29 is 14.4 Å². The zero-order chi connectivity index (χ0) is 22.9. The van der Waals surface area contributed by atoms with Crippen LogP contribution < -0.4 is 10.6 Å². The largest absolute Gasteiger partial charge is 0.342 e. The first kappa shape index (κ1) is 23.8. The third kappa shape index (κ3) is 6.59. The average molecular weight is 458 g/mol. The van der Waals surface area contributed by atoms with Gasteiger partial charge in [0, 0.05) is 37.2 Å². The van der Waals surface area contributed by atoms with Gasteiger partial charge < -0.3 is 10.2 Å². The van der Waals surface area contributed by atoms with Crippen molar-refractivity contribution in [3.05, 3.63) is 34.8 Å². The first-order chi connectivity index (χ1) is 15.5. The van der Waals surface area contributed by atoms with E-state index >= 15 is 0 Å². The van der Waals surface area contributed by atoms with Crippen molar-refractivity contribution in [2.75, 3.05) is 23.7 Å². The number of amides is 3. The highest BCUT2D eigenvalue weighted by molar-refractivity contribution is 7.15. The van der Waals surface area contributed by atoms with Gasteiger partial charge in [-0.2, -0.15) is 0 Å². The summed E-state index contributed by atoms with van der Waals surface area (Å²) >= 11 is 1.39. The lowest BCUT2D eigenvalue weighted by Gasteiger charge is -2.16. The molecule has 1 aliphatic heterocycles. The lowest BCUT2D eigenvalue weighted by Crippen LogP contribution is -2.29. The molecule has 1 aromatic carbocycles. The van der Waals surface area contributed by atoms with Crippen LogP contribution in [0.15, 0.2) is 24.3 Å². The van der Waals surface area contributed by atoms with E-state index in [4.69, 9.17) is 0 Å². The van der Waals surface area contributed by atoms with E-state index in [1.54, 1.807) is 29.2 Å². The van der Waals surface area contributed by atoms with Gasteiger partial charge in [-0.1, -0.05) is 44.4 Å². The van der Waals surface area contributed by atoms with E-state index < -0.39 is 0 Å². The van der Waals surface area contributed by atoms with E-state index in [-0.39, 0.29) is 30.1 Å². The van der Waals surface area contributed by atoms with E-state index in [2.05, 4.69) is 34.7 Å². The number of nitrogens with zero attached hydrogens (tertiary/aromatic N) is 3. The number of nitrogens with one attached hydrogen (secondary N) is 2. The summed E-state index contributed by atoms with van der Waals surface area (Å²) in [6.07, 6.45) is 6.45. The second-order valence-electron chi connectivity index (χ2n) is 8.07.